The Morgan fingerprint density at radius 1 is 1.24 bits per heavy atom. The average Bonchev–Trinajstić information content (AvgIpc) is 2.87. The number of nitrogens with one attached hydrogen (secondary N) is 1. The second-order valence-corrected chi connectivity index (χ2v) is 7.37. The molecule has 2 aliphatic carbocycles. The SMILES string of the molecule is CC(C)(C)Nc1nc(C2CC3CCC2C3)ns1. The molecule has 17 heavy (non-hydrogen) atoms. The summed E-state index contributed by atoms with van der Waals surface area (Å²) in [7, 11) is 0. The molecular weight excluding hydrogens is 230 g/mol. The van der Waals surface area contributed by atoms with Gasteiger partial charge in [0.05, 0.1) is 0 Å². The molecule has 0 radical (unpaired) electrons. The Morgan fingerprint density at radius 2 is 2.06 bits per heavy atom. The number of rotatable bonds is 2. The number of anilines is 1. The Hall–Kier alpha value is -0.640. The molecule has 2 fully saturated rings. The standard InChI is InChI=1S/C13H21N3S/c1-13(2,3)15-12-14-11(16-17-12)10-7-8-4-5-9(10)6-8/h8-10H,4-7H2,1-3H3,(H,14,15,16). The number of hydrogen-bond donors (Lipinski definition) is 1. The minimum atomic E-state index is 0.0749. The smallest absolute Gasteiger partial charge is 0.202 e. The highest BCUT2D eigenvalue weighted by Crippen LogP contribution is 2.52. The van der Waals surface area contributed by atoms with Crippen LogP contribution in [0.5, 0.6) is 0 Å². The van der Waals surface area contributed by atoms with Gasteiger partial charge in [0.25, 0.3) is 0 Å². The minimum Gasteiger partial charge on any atom is -0.356 e. The second kappa shape index (κ2) is 3.94. The molecule has 4 heteroatoms. The molecule has 3 nitrogen and oxygen atoms in total. The molecule has 3 rings (SSSR count). The first-order valence-corrected chi connectivity index (χ1v) is 7.40. The van der Waals surface area contributed by atoms with E-state index in [0.29, 0.717) is 5.92 Å². The van der Waals surface area contributed by atoms with Gasteiger partial charge in [-0.05, 0) is 51.9 Å². The Morgan fingerprint density at radius 3 is 2.65 bits per heavy atom. The first kappa shape index (κ1) is 11.5. The summed E-state index contributed by atoms with van der Waals surface area (Å²) < 4.78 is 4.57. The third kappa shape index (κ3) is 2.32. The van der Waals surface area contributed by atoms with E-state index in [-0.39, 0.29) is 5.54 Å². The van der Waals surface area contributed by atoms with Gasteiger partial charge in [-0.2, -0.15) is 4.37 Å². The van der Waals surface area contributed by atoms with Gasteiger partial charge in [-0.25, -0.2) is 4.98 Å². The van der Waals surface area contributed by atoms with Gasteiger partial charge in [0, 0.05) is 23.0 Å². The predicted octanol–water partition coefficient (Wildman–Crippen LogP) is 3.65. The molecule has 1 aromatic rings. The molecule has 3 atom stereocenters. The Bertz CT molecular complexity index is 407. The summed E-state index contributed by atoms with van der Waals surface area (Å²) in [4.78, 5) is 4.69. The fourth-order valence-electron chi connectivity index (χ4n) is 3.32. The predicted molar refractivity (Wildman–Crippen MR) is 71.5 cm³/mol. The van der Waals surface area contributed by atoms with Crippen LogP contribution in [-0.2, 0) is 0 Å². The Kier molecular flexibility index (Phi) is 2.65. The zero-order valence-electron chi connectivity index (χ0n) is 10.9. The highest BCUT2D eigenvalue weighted by atomic mass is 32.1. The molecule has 0 spiro atoms. The first-order chi connectivity index (χ1) is 8.01. The number of aromatic nitrogens is 2. The molecule has 0 saturated heterocycles. The van der Waals surface area contributed by atoms with E-state index in [2.05, 4.69) is 30.5 Å². The molecule has 2 bridgehead atoms. The molecule has 0 aliphatic heterocycles. The maximum absolute atomic E-state index is 4.69. The summed E-state index contributed by atoms with van der Waals surface area (Å²) in [5.74, 6) is 3.60. The van der Waals surface area contributed by atoms with E-state index in [4.69, 9.17) is 4.98 Å². The molecule has 3 unspecified atom stereocenters. The summed E-state index contributed by atoms with van der Waals surface area (Å²) in [5.41, 5.74) is 0.0749. The van der Waals surface area contributed by atoms with Gasteiger partial charge in [0.15, 0.2) is 0 Å². The van der Waals surface area contributed by atoms with E-state index >= 15 is 0 Å². The van der Waals surface area contributed by atoms with Gasteiger partial charge < -0.3 is 5.32 Å². The minimum absolute atomic E-state index is 0.0749. The van der Waals surface area contributed by atoms with Crippen LogP contribution in [-0.4, -0.2) is 14.9 Å². The molecule has 1 aromatic heterocycles. The maximum atomic E-state index is 4.69. The van der Waals surface area contributed by atoms with E-state index in [1.54, 1.807) is 0 Å². The van der Waals surface area contributed by atoms with Crippen molar-refractivity contribution in [2.75, 3.05) is 5.32 Å². The molecule has 0 aromatic carbocycles. The molecular formula is C13H21N3S. The third-order valence-corrected chi connectivity index (χ3v) is 4.64. The van der Waals surface area contributed by atoms with E-state index in [1.807, 2.05) is 0 Å². The quantitative estimate of drug-likeness (QED) is 0.871. The molecule has 1 heterocycles. The Balaban J connectivity index is 1.72. The van der Waals surface area contributed by atoms with Crippen molar-refractivity contribution >= 4 is 16.7 Å². The van der Waals surface area contributed by atoms with Crippen LogP contribution in [0.25, 0.3) is 0 Å². The topological polar surface area (TPSA) is 37.8 Å². The van der Waals surface area contributed by atoms with E-state index in [0.717, 1.165) is 22.8 Å². The van der Waals surface area contributed by atoms with Crippen molar-refractivity contribution in [1.82, 2.24) is 9.36 Å². The van der Waals surface area contributed by atoms with Gasteiger partial charge >= 0.3 is 0 Å². The average molecular weight is 251 g/mol. The van der Waals surface area contributed by atoms with Crippen LogP contribution >= 0.6 is 11.5 Å². The normalized spacial score (nSPS) is 32.1. The van der Waals surface area contributed by atoms with Crippen LogP contribution in [0.4, 0.5) is 5.13 Å². The molecule has 2 saturated carbocycles. The summed E-state index contributed by atoms with van der Waals surface area (Å²) in [6.07, 6.45) is 5.59. The first-order valence-electron chi connectivity index (χ1n) is 6.63. The van der Waals surface area contributed by atoms with Crippen molar-refractivity contribution in [3.63, 3.8) is 0 Å². The summed E-state index contributed by atoms with van der Waals surface area (Å²) in [5, 5.41) is 4.40. The van der Waals surface area contributed by atoms with Crippen molar-refractivity contribution < 1.29 is 0 Å². The molecule has 94 valence electrons. The lowest BCUT2D eigenvalue weighted by molar-refractivity contribution is 0.408. The van der Waals surface area contributed by atoms with Crippen LogP contribution < -0.4 is 5.32 Å². The van der Waals surface area contributed by atoms with Crippen LogP contribution in [0, 0.1) is 11.8 Å². The maximum Gasteiger partial charge on any atom is 0.202 e. The zero-order valence-corrected chi connectivity index (χ0v) is 11.7. The van der Waals surface area contributed by atoms with Crippen LogP contribution in [0.2, 0.25) is 0 Å². The van der Waals surface area contributed by atoms with Gasteiger partial charge in [-0.15, -0.1) is 0 Å². The molecule has 0 amide bonds. The molecule has 2 aliphatic rings. The van der Waals surface area contributed by atoms with E-state index in [9.17, 15) is 0 Å². The lowest BCUT2D eigenvalue weighted by atomic mass is 9.88. The number of hydrogen-bond acceptors (Lipinski definition) is 4. The summed E-state index contributed by atoms with van der Waals surface area (Å²) in [6.45, 7) is 6.48. The monoisotopic (exact) mass is 251 g/mol. The fourth-order valence-corrected chi connectivity index (χ4v) is 4.16. The highest BCUT2D eigenvalue weighted by Gasteiger charge is 2.42. The zero-order chi connectivity index (χ0) is 12.0. The van der Waals surface area contributed by atoms with E-state index < -0.39 is 0 Å². The summed E-state index contributed by atoms with van der Waals surface area (Å²) >= 11 is 1.52. The van der Waals surface area contributed by atoms with Gasteiger partial charge in [-0.1, -0.05) is 6.42 Å². The second-order valence-electron chi connectivity index (χ2n) is 6.61. The van der Waals surface area contributed by atoms with Crippen LogP contribution in [0.15, 0.2) is 0 Å². The number of fused-ring (bicyclic) bond motifs is 2. The van der Waals surface area contributed by atoms with Crippen LogP contribution in [0.1, 0.15) is 58.2 Å². The summed E-state index contributed by atoms with van der Waals surface area (Å²) in [6, 6.07) is 0. The van der Waals surface area contributed by atoms with Crippen molar-refractivity contribution in [2.24, 2.45) is 11.8 Å². The largest absolute Gasteiger partial charge is 0.356 e. The van der Waals surface area contributed by atoms with Gasteiger partial charge in [0.1, 0.15) is 5.82 Å². The fraction of sp³-hybridized carbons (Fsp3) is 0.846. The van der Waals surface area contributed by atoms with Crippen molar-refractivity contribution in [3.05, 3.63) is 5.82 Å². The van der Waals surface area contributed by atoms with Crippen molar-refractivity contribution in [1.29, 1.82) is 0 Å². The van der Waals surface area contributed by atoms with Crippen molar-refractivity contribution in [3.8, 4) is 0 Å². The lowest BCUT2D eigenvalue weighted by Gasteiger charge is -2.20. The Labute approximate surface area is 107 Å². The van der Waals surface area contributed by atoms with Crippen molar-refractivity contribution in [2.45, 2.75) is 57.9 Å². The van der Waals surface area contributed by atoms with E-state index in [1.165, 1.54) is 37.2 Å². The number of nitrogens with zero attached hydrogens (tertiary/aromatic N) is 2. The third-order valence-electron chi connectivity index (χ3n) is 3.99. The highest BCUT2D eigenvalue weighted by molar-refractivity contribution is 7.09. The van der Waals surface area contributed by atoms with Crippen LogP contribution in [0.3, 0.4) is 0 Å². The van der Waals surface area contributed by atoms with Gasteiger partial charge in [-0.3, -0.25) is 0 Å². The lowest BCUT2D eigenvalue weighted by Crippen LogP contribution is -2.26. The molecule has 1 N–H and O–H groups in total. The van der Waals surface area contributed by atoms with Gasteiger partial charge in [0.2, 0.25) is 5.13 Å².